The second-order valence-corrected chi connectivity index (χ2v) is 15.1. The van der Waals surface area contributed by atoms with Crippen molar-refractivity contribution in [3.63, 3.8) is 0 Å². The number of amides is 1. The number of carboxylic acid groups (broad SMARTS) is 1. The van der Waals surface area contributed by atoms with Gasteiger partial charge in [-0.1, -0.05) is 114 Å². The van der Waals surface area contributed by atoms with Crippen molar-refractivity contribution in [2.45, 2.75) is 58.5 Å². The minimum absolute atomic E-state index is 0.159. The van der Waals surface area contributed by atoms with Gasteiger partial charge < -0.3 is 9.53 Å². The van der Waals surface area contributed by atoms with E-state index in [0.29, 0.717) is 19.6 Å². The van der Waals surface area contributed by atoms with Gasteiger partial charge in [0.25, 0.3) is 8.32 Å². The molecule has 0 saturated carbocycles. The van der Waals surface area contributed by atoms with Crippen LogP contribution in [0, 0.1) is 5.41 Å². The number of rotatable bonds is 5. The first-order valence-electron chi connectivity index (χ1n) is 11.4. The topological polar surface area (TPSA) is 49.8 Å². The molecule has 1 atom stereocenters. The van der Waals surface area contributed by atoms with Crippen molar-refractivity contribution in [2.75, 3.05) is 13.2 Å². The smallest absolute Gasteiger partial charge is 0.408 e. The molecule has 2 aromatic carbocycles. The van der Waals surface area contributed by atoms with Gasteiger partial charge in [0.1, 0.15) is 0 Å². The Morgan fingerprint density at radius 3 is 1.84 bits per heavy atom. The molecule has 0 aliphatic carbocycles. The van der Waals surface area contributed by atoms with Crippen LogP contribution in [0.4, 0.5) is 4.79 Å². The van der Waals surface area contributed by atoms with E-state index < -0.39 is 19.9 Å². The van der Waals surface area contributed by atoms with Crippen LogP contribution in [0.2, 0.25) is 5.04 Å². The quantitative estimate of drug-likeness (QED) is 0.496. The molecule has 1 aliphatic heterocycles. The van der Waals surface area contributed by atoms with Crippen molar-refractivity contribution in [1.29, 1.82) is 0 Å². The molecule has 0 aromatic heterocycles. The summed E-state index contributed by atoms with van der Waals surface area (Å²) >= 11 is 0. The average molecular weight is 452 g/mol. The molecule has 0 spiro atoms. The Hall–Kier alpha value is -2.37. The number of carbonyl (C=O) groups is 1. The lowest BCUT2D eigenvalue weighted by Crippen LogP contribution is -2.70. The van der Waals surface area contributed by atoms with Crippen LogP contribution in [-0.4, -0.2) is 43.1 Å². The van der Waals surface area contributed by atoms with Gasteiger partial charge in [0.2, 0.25) is 0 Å². The van der Waals surface area contributed by atoms with Crippen molar-refractivity contribution in [1.82, 2.24) is 4.90 Å². The molecular formula is C27H37NO3Si. The van der Waals surface area contributed by atoms with Crippen LogP contribution < -0.4 is 10.4 Å². The molecule has 3 rings (SSSR count). The summed E-state index contributed by atoms with van der Waals surface area (Å²) in [6.07, 6.45) is 3.80. The van der Waals surface area contributed by atoms with Gasteiger partial charge >= 0.3 is 6.09 Å². The lowest BCUT2D eigenvalue weighted by molar-refractivity contribution is -0.0291. The van der Waals surface area contributed by atoms with Crippen LogP contribution in [0.1, 0.15) is 48.0 Å². The summed E-state index contributed by atoms with van der Waals surface area (Å²) in [4.78, 5) is 13.9. The summed E-state index contributed by atoms with van der Waals surface area (Å²) in [6.45, 7) is 13.8. The number of benzene rings is 2. The van der Waals surface area contributed by atoms with Gasteiger partial charge in [0.05, 0.1) is 12.1 Å². The van der Waals surface area contributed by atoms with E-state index in [0.717, 1.165) is 0 Å². The first kappa shape index (κ1) is 24.3. The summed E-state index contributed by atoms with van der Waals surface area (Å²) in [7, 11) is -2.77. The van der Waals surface area contributed by atoms with Crippen molar-refractivity contribution in [3.05, 3.63) is 72.8 Å². The van der Waals surface area contributed by atoms with E-state index >= 15 is 0 Å². The Balaban J connectivity index is 2.19. The van der Waals surface area contributed by atoms with Gasteiger partial charge in [-0.2, -0.15) is 0 Å². The van der Waals surface area contributed by atoms with Gasteiger partial charge in [0, 0.05) is 6.54 Å². The molecule has 172 valence electrons. The van der Waals surface area contributed by atoms with Gasteiger partial charge in [-0.15, -0.1) is 0 Å². The molecule has 1 amide bonds. The van der Waals surface area contributed by atoms with E-state index in [9.17, 15) is 9.90 Å². The van der Waals surface area contributed by atoms with Crippen LogP contribution >= 0.6 is 0 Å². The summed E-state index contributed by atoms with van der Waals surface area (Å²) in [5.74, 6) is 0. The molecule has 1 heterocycles. The lowest BCUT2D eigenvalue weighted by atomic mass is 9.69. The Labute approximate surface area is 194 Å². The maximum Gasteiger partial charge on any atom is 0.408 e. The largest absolute Gasteiger partial charge is 0.465 e. The number of hydrogen-bond donors (Lipinski definition) is 1. The van der Waals surface area contributed by atoms with Crippen molar-refractivity contribution in [2.24, 2.45) is 5.41 Å². The minimum atomic E-state index is -2.77. The number of hydrogen-bond acceptors (Lipinski definition) is 2. The van der Waals surface area contributed by atoms with Crippen molar-refractivity contribution >= 4 is 24.8 Å². The molecule has 32 heavy (non-hydrogen) atoms. The second kappa shape index (κ2) is 8.87. The molecule has 4 nitrogen and oxygen atoms in total. The third kappa shape index (κ3) is 4.16. The third-order valence-electron chi connectivity index (χ3n) is 7.00. The fourth-order valence-corrected chi connectivity index (χ4v) is 9.67. The SMILES string of the molecule is CC(C)(C)[C@]1(CO[Si](c2ccccc2)(c2ccccc2)C(C)(C)C)CC=CCN1C(=O)O. The maximum atomic E-state index is 12.3. The van der Waals surface area contributed by atoms with E-state index in [1.807, 2.05) is 18.2 Å². The van der Waals surface area contributed by atoms with E-state index in [2.05, 4.69) is 96.1 Å². The van der Waals surface area contributed by atoms with Crippen molar-refractivity contribution in [3.8, 4) is 0 Å². The van der Waals surface area contributed by atoms with E-state index in [1.54, 1.807) is 4.90 Å². The minimum Gasteiger partial charge on any atom is -0.465 e. The van der Waals surface area contributed by atoms with Gasteiger partial charge in [-0.05, 0) is 27.2 Å². The zero-order valence-electron chi connectivity index (χ0n) is 20.3. The highest BCUT2D eigenvalue weighted by atomic mass is 28.4. The maximum absolute atomic E-state index is 12.3. The molecule has 5 heteroatoms. The van der Waals surface area contributed by atoms with Crippen LogP contribution in [0.15, 0.2) is 72.8 Å². The lowest BCUT2D eigenvalue weighted by Gasteiger charge is -2.54. The molecule has 0 radical (unpaired) electrons. The van der Waals surface area contributed by atoms with E-state index in [-0.39, 0.29) is 10.5 Å². The summed E-state index contributed by atoms with van der Waals surface area (Å²) < 4.78 is 7.22. The predicted octanol–water partition coefficient (Wildman–Crippen LogP) is 5.29. The zero-order valence-corrected chi connectivity index (χ0v) is 21.3. The zero-order chi connectivity index (χ0) is 23.6. The van der Waals surface area contributed by atoms with Crippen LogP contribution in [-0.2, 0) is 4.43 Å². The predicted molar refractivity (Wildman–Crippen MR) is 134 cm³/mol. The first-order chi connectivity index (χ1) is 15.0. The molecule has 0 fully saturated rings. The third-order valence-corrected chi connectivity index (χ3v) is 12.0. The Kier molecular flexibility index (Phi) is 6.73. The Morgan fingerprint density at radius 1 is 0.938 bits per heavy atom. The second-order valence-electron chi connectivity index (χ2n) is 10.8. The molecular weight excluding hydrogens is 414 g/mol. The molecule has 0 bridgehead atoms. The highest BCUT2D eigenvalue weighted by Gasteiger charge is 2.55. The Bertz CT molecular complexity index is 905. The van der Waals surface area contributed by atoms with Gasteiger partial charge in [-0.3, -0.25) is 4.90 Å². The molecule has 2 aromatic rings. The van der Waals surface area contributed by atoms with Gasteiger partial charge in [0.15, 0.2) is 0 Å². The van der Waals surface area contributed by atoms with Crippen molar-refractivity contribution < 1.29 is 14.3 Å². The molecule has 1 aliphatic rings. The molecule has 1 N–H and O–H groups in total. The van der Waals surface area contributed by atoms with E-state index in [4.69, 9.17) is 4.43 Å². The average Bonchev–Trinajstić information content (AvgIpc) is 2.74. The number of nitrogens with zero attached hydrogens (tertiary/aromatic N) is 1. The fourth-order valence-electron chi connectivity index (χ4n) is 5.06. The van der Waals surface area contributed by atoms with Crippen LogP contribution in [0.3, 0.4) is 0 Å². The summed E-state index contributed by atoms with van der Waals surface area (Å²) in [5, 5.41) is 12.4. The standard InChI is InChI=1S/C27H37NO3Si/c1-25(2,3)27(19-13-14-20-28(27)24(29)30)21-31-32(26(4,5)6,22-15-9-7-10-16-22)23-17-11-8-12-18-23/h7-18H,19-21H2,1-6H3,(H,29,30)/t27-/m1/s1. The monoisotopic (exact) mass is 451 g/mol. The normalized spacial score (nSPS) is 19.8. The molecule has 0 unspecified atom stereocenters. The van der Waals surface area contributed by atoms with E-state index in [1.165, 1.54) is 10.4 Å². The molecule has 0 saturated heterocycles. The highest BCUT2D eigenvalue weighted by Crippen LogP contribution is 2.44. The van der Waals surface area contributed by atoms with Gasteiger partial charge in [-0.25, -0.2) is 4.79 Å². The summed E-state index contributed by atoms with van der Waals surface area (Å²) in [5.41, 5.74) is -0.956. The highest BCUT2D eigenvalue weighted by molar-refractivity contribution is 6.99. The fraction of sp³-hybridized carbons (Fsp3) is 0.444. The van der Waals surface area contributed by atoms with Crippen LogP contribution in [0.5, 0.6) is 0 Å². The van der Waals surface area contributed by atoms with Crippen LogP contribution in [0.25, 0.3) is 0 Å². The Morgan fingerprint density at radius 2 is 1.44 bits per heavy atom. The first-order valence-corrected chi connectivity index (χ1v) is 13.3. The summed E-state index contributed by atoms with van der Waals surface area (Å²) in [6, 6.07) is 21.0.